The molecule has 0 saturated carbocycles. The maximum atomic E-state index is 10.8. The molecule has 0 aliphatic carbocycles. The SMILES string of the molecule is CC(C)(CCCc1ccccc1)NC[C@@H](O)c1cc(CCC(=O)O)ccc1Cl. The van der Waals surface area contributed by atoms with Gasteiger partial charge >= 0.3 is 5.97 Å². The van der Waals surface area contributed by atoms with Gasteiger partial charge < -0.3 is 15.5 Å². The number of aliphatic hydroxyl groups is 1. The highest BCUT2D eigenvalue weighted by molar-refractivity contribution is 6.31. The van der Waals surface area contributed by atoms with Crippen LogP contribution in [0, 0.1) is 0 Å². The number of carboxylic acid groups (broad SMARTS) is 1. The molecule has 0 aromatic heterocycles. The van der Waals surface area contributed by atoms with Crippen molar-refractivity contribution in [1.82, 2.24) is 5.32 Å². The Kier molecular flexibility index (Phi) is 8.49. The number of benzene rings is 2. The molecule has 152 valence electrons. The molecule has 3 N–H and O–H groups in total. The van der Waals surface area contributed by atoms with Crippen LogP contribution in [0.2, 0.25) is 5.02 Å². The van der Waals surface area contributed by atoms with Crippen molar-refractivity contribution in [3.63, 3.8) is 0 Å². The first-order chi connectivity index (χ1) is 13.3. The number of hydrogen-bond donors (Lipinski definition) is 3. The lowest BCUT2D eigenvalue weighted by atomic mass is 9.94. The molecule has 0 spiro atoms. The maximum absolute atomic E-state index is 10.8. The van der Waals surface area contributed by atoms with Gasteiger partial charge in [0.15, 0.2) is 0 Å². The number of carboxylic acids is 1. The molecule has 0 heterocycles. The molecule has 0 aliphatic rings. The second-order valence-corrected chi connectivity index (χ2v) is 8.28. The van der Waals surface area contributed by atoms with E-state index >= 15 is 0 Å². The molecule has 0 saturated heterocycles. The van der Waals surface area contributed by atoms with Crippen LogP contribution in [-0.4, -0.2) is 28.3 Å². The van der Waals surface area contributed by atoms with Crippen LogP contribution in [0.5, 0.6) is 0 Å². The third-order valence-electron chi connectivity index (χ3n) is 4.93. The zero-order chi connectivity index (χ0) is 20.6. The molecule has 0 amide bonds. The lowest BCUT2D eigenvalue weighted by Gasteiger charge is -2.28. The lowest BCUT2D eigenvalue weighted by molar-refractivity contribution is -0.136. The van der Waals surface area contributed by atoms with Crippen molar-refractivity contribution in [2.75, 3.05) is 6.54 Å². The number of nitrogens with one attached hydrogen (secondary N) is 1. The summed E-state index contributed by atoms with van der Waals surface area (Å²) in [5.41, 5.74) is 2.73. The van der Waals surface area contributed by atoms with Gasteiger partial charge in [0, 0.05) is 29.1 Å². The van der Waals surface area contributed by atoms with E-state index in [2.05, 4.69) is 43.4 Å². The van der Waals surface area contributed by atoms with Gasteiger partial charge in [0.05, 0.1) is 6.10 Å². The van der Waals surface area contributed by atoms with Gasteiger partial charge in [-0.15, -0.1) is 0 Å². The smallest absolute Gasteiger partial charge is 0.303 e. The summed E-state index contributed by atoms with van der Waals surface area (Å²) in [6.45, 7) is 4.66. The Balaban J connectivity index is 1.86. The number of rotatable bonds is 11. The number of carbonyl (C=O) groups is 1. The van der Waals surface area contributed by atoms with Crippen LogP contribution in [-0.2, 0) is 17.6 Å². The molecule has 5 heteroatoms. The van der Waals surface area contributed by atoms with Crippen molar-refractivity contribution >= 4 is 17.6 Å². The summed E-state index contributed by atoms with van der Waals surface area (Å²) in [6.07, 6.45) is 2.82. The molecule has 0 bridgehead atoms. The Morgan fingerprint density at radius 3 is 2.50 bits per heavy atom. The highest BCUT2D eigenvalue weighted by atomic mass is 35.5. The Labute approximate surface area is 172 Å². The van der Waals surface area contributed by atoms with Crippen molar-refractivity contribution in [2.24, 2.45) is 0 Å². The van der Waals surface area contributed by atoms with E-state index in [9.17, 15) is 9.90 Å². The van der Waals surface area contributed by atoms with Crippen LogP contribution >= 0.6 is 11.6 Å². The van der Waals surface area contributed by atoms with Gasteiger partial charge in [-0.3, -0.25) is 4.79 Å². The van der Waals surface area contributed by atoms with E-state index < -0.39 is 12.1 Å². The Morgan fingerprint density at radius 2 is 1.82 bits per heavy atom. The highest BCUT2D eigenvalue weighted by Gasteiger charge is 2.20. The van der Waals surface area contributed by atoms with Crippen LogP contribution < -0.4 is 5.32 Å². The van der Waals surface area contributed by atoms with E-state index in [-0.39, 0.29) is 12.0 Å². The average Bonchev–Trinajstić information content (AvgIpc) is 2.66. The summed E-state index contributed by atoms with van der Waals surface area (Å²) in [5.74, 6) is -0.837. The fourth-order valence-electron chi connectivity index (χ4n) is 3.21. The molecule has 2 rings (SSSR count). The molecule has 0 unspecified atom stereocenters. The summed E-state index contributed by atoms with van der Waals surface area (Å²) in [7, 11) is 0. The van der Waals surface area contributed by atoms with Crippen LogP contribution in [0.4, 0.5) is 0 Å². The largest absolute Gasteiger partial charge is 0.481 e. The zero-order valence-corrected chi connectivity index (χ0v) is 17.4. The molecule has 0 radical (unpaired) electrons. The second kappa shape index (κ2) is 10.6. The monoisotopic (exact) mass is 403 g/mol. The molecule has 0 aliphatic heterocycles. The van der Waals surface area contributed by atoms with Crippen molar-refractivity contribution < 1.29 is 15.0 Å². The number of halogens is 1. The minimum absolute atomic E-state index is 0.0594. The van der Waals surface area contributed by atoms with Gasteiger partial charge in [-0.2, -0.15) is 0 Å². The third-order valence-corrected chi connectivity index (χ3v) is 5.28. The Hall–Kier alpha value is -1.88. The fourth-order valence-corrected chi connectivity index (χ4v) is 3.45. The van der Waals surface area contributed by atoms with Crippen molar-refractivity contribution in [2.45, 2.75) is 57.6 Å². The first kappa shape index (κ1) is 22.4. The fraction of sp³-hybridized carbons (Fsp3) is 0.435. The highest BCUT2D eigenvalue weighted by Crippen LogP contribution is 2.25. The minimum atomic E-state index is -0.837. The van der Waals surface area contributed by atoms with Gasteiger partial charge in [0.1, 0.15) is 0 Å². The van der Waals surface area contributed by atoms with Gasteiger partial charge in [0.2, 0.25) is 0 Å². The van der Waals surface area contributed by atoms with Gasteiger partial charge in [-0.05, 0) is 56.7 Å². The summed E-state index contributed by atoms with van der Waals surface area (Å²) >= 11 is 6.25. The van der Waals surface area contributed by atoms with Crippen molar-refractivity contribution in [3.8, 4) is 0 Å². The predicted molar refractivity (Wildman–Crippen MR) is 114 cm³/mol. The van der Waals surface area contributed by atoms with E-state index in [1.54, 1.807) is 12.1 Å². The topological polar surface area (TPSA) is 69.6 Å². The molecule has 0 fully saturated rings. The number of β-amino-alcohol motifs (C(OH)–C–C–N with tert-alkyl or cyclic N) is 1. The third kappa shape index (κ3) is 7.63. The van der Waals surface area contributed by atoms with Crippen LogP contribution in [0.1, 0.15) is 55.9 Å². The van der Waals surface area contributed by atoms with Crippen molar-refractivity contribution in [1.29, 1.82) is 0 Å². The van der Waals surface area contributed by atoms with Gasteiger partial charge in [0.25, 0.3) is 0 Å². The van der Waals surface area contributed by atoms with Crippen LogP contribution in [0.25, 0.3) is 0 Å². The maximum Gasteiger partial charge on any atom is 0.303 e. The van der Waals surface area contributed by atoms with Gasteiger partial charge in [-0.1, -0.05) is 54.1 Å². The number of aliphatic carboxylic acids is 1. The first-order valence-corrected chi connectivity index (χ1v) is 10.1. The van der Waals surface area contributed by atoms with Crippen LogP contribution in [0.3, 0.4) is 0 Å². The van der Waals surface area contributed by atoms with E-state index in [0.717, 1.165) is 24.8 Å². The quantitative estimate of drug-likeness (QED) is 0.505. The summed E-state index contributed by atoms with van der Waals surface area (Å²) in [5, 5.41) is 23.4. The Bertz CT molecular complexity index is 762. The minimum Gasteiger partial charge on any atom is -0.481 e. The predicted octanol–water partition coefficient (Wildman–Crippen LogP) is 4.78. The average molecular weight is 404 g/mol. The summed E-state index contributed by atoms with van der Waals surface area (Å²) < 4.78 is 0. The number of aryl methyl sites for hydroxylation is 2. The standard InChI is InChI=1S/C23H30ClNO3/c1-23(2,14-6-9-17-7-4-3-5-8-17)25-16-21(26)19-15-18(10-12-20(19)24)11-13-22(27)28/h3-5,7-8,10,12,15,21,25-26H,6,9,11,13-14,16H2,1-2H3,(H,27,28)/t21-/m1/s1. The molecule has 28 heavy (non-hydrogen) atoms. The first-order valence-electron chi connectivity index (χ1n) is 9.74. The molecule has 1 atom stereocenters. The summed E-state index contributed by atoms with van der Waals surface area (Å²) in [6, 6.07) is 15.8. The Morgan fingerprint density at radius 1 is 1.11 bits per heavy atom. The van der Waals surface area contributed by atoms with E-state index in [1.165, 1.54) is 5.56 Å². The lowest BCUT2D eigenvalue weighted by Crippen LogP contribution is -2.41. The van der Waals surface area contributed by atoms with Crippen molar-refractivity contribution in [3.05, 3.63) is 70.2 Å². The van der Waals surface area contributed by atoms with Crippen LogP contribution in [0.15, 0.2) is 48.5 Å². The molecular weight excluding hydrogens is 374 g/mol. The zero-order valence-electron chi connectivity index (χ0n) is 16.6. The normalized spacial score (nSPS) is 12.7. The molecule has 2 aromatic rings. The van der Waals surface area contributed by atoms with E-state index in [4.69, 9.17) is 16.7 Å². The molecule has 4 nitrogen and oxygen atoms in total. The number of hydrogen-bond acceptors (Lipinski definition) is 3. The summed E-state index contributed by atoms with van der Waals surface area (Å²) in [4.78, 5) is 10.8. The molecular formula is C23H30ClNO3. The van der Waals surface area contributed by atoms with E-state index in [0.29, 0.717) is 23.6 Å². The molecule has 2 aromatic carbocycles. The van der Waals surface area contributed by atoms with Gasteiger partial charge in [-0.25, -0.2) is 0 Å². The van der Waals surface area contributed by atoms with E-state index in [1.807, 2.05) is 12.1 Å². The number of aliphatic hydroxyl groups excluding tert-OH is 1. The second-order valence-electron chi connectivity index (χ2n) is 7.87.